The predicted molar refractivity (Wildman–Crippen MR) is 126 cm³/mol. The number of nitrogens with zero attached hydrogens (tertiary/aromatic N) is 4. The smallest absolute Gasteiger partial charge is 0.259 e. The Morgan fingerprint density at radius 3 is 2.55 bits per heavy atom. The van der Waals surface area contributed by atoms with Gasteiger partial charge in [0.25, 0.3) is 5.91 Å². The topological polar surface area (TPSA) is 127 Å². The maximum Gasteiger partial charge on any atom is 0.259 e. The number of azo groups is 1. The fourth-order valence-corrected chi connectivity index (χ4v) is 3.38. The molecular weight excluding hydrogens is 416 g/mol. The fraction of sp³-hybridized carbons (Fsp3) is 0.160. The molecule has 0 saturated carbocycles. The van der Waals surface area contributed by atoms with Crippen LogP contribution in [-0.2, 0) is 5.41 Å². The second-order valence-electron chi connectivity index (χ2n) is 8.57. The summed E-state index contributed by atoms with van der Waals surface area (Å²) >= 11 is 0. The van der Waals surface area contributed by atoms with E-state index in [-0.39, 0.29) is 33.8 Å². The number of phenolic OH excluding ortho intramolecular Hbond substituents is 1. The van der Waals surface area contributed by atoms with Crippen LogP contribution in [0.2, 0.25) is 0 Å². The lowest BCUT2D eigenvalue weighted by Crippen LogP contribution is -2.14. The third-order valence-electron chi connectivity index (χ3n) is 5.24. The van der Waals surface area contributed by atoms with Gasteiger partial charge in [-0.1, -0.05) is 57.2 Å². The highest BCUT2D eigenvalue weighted by Gasteiger charge is 2.19. The predicted octanol–water partition coefficient (Wildman–Crippen LogP) is 6.11. The normalized spacial score (nSPS) is 11.6. The highest BCUT2D eigenvalue weighted by molar-refractivity contribution is 6.11. The molecule has 1 aromatic heterocycles. The van der Waals surface area contributed by atoms with Crippen molar-refractivity contribution >= 4 is 33.9 Å². The van der Waals surface area contributed by atoms with E-state index in [9.17, 15) is 9.90 Å². The van der Waals surface area contributed by atoms with Gasteiger partial charge < -0.3 is 10.4 Å². The molecule has 0 saturated heterocycles. The first-order chi connectivity index (χ1) is 15.8. The molecule has 3 aromatic carbocycles. The minimum absolute atomic E-state index is 0.000869. The Balaban J connectivity index is 1.72. The molecule has 1 heterocycles. The van der Waals surface area contributed by atoms with Gasteiger partial charge in [0.2, 0.25) is 0 Å². The summed E-state index contributed by atoms with van der Waals surface area (Å²) in [6, 6.07) is 18.4. The van der Waals surface area contributed by atoms with Gasteiger partial charge in [0.05, 0.1) is 11.8 Å². The number of anilines is 1. The molecule has 0 unspecified atom stereocenters. The van der Waals surface area contributed by atoms with Crippen LogP contribution < -0.4 is 5.32 Å². The van der Waals surface area contributed by atoms with Gasteiger partial charge in [-0.25, -0.2) is 0 Å². The summed E-state index contributed by atoms with van der Waals surface area (Å²) in [5.74, 6) is -0.619. The standard InChI is InChI=1S/C25H22N6O2/c1-25(2,3)17-8-10-18(11-9-17)28-24(33)20-12-15-6-4-5-7-19(15)21(22(20)32)29-31-23-16(13-26)14-27-30-23/h4-12,14,32H,1-3H3,(H,27,30)(H,28,33)/b31-29+. The van der Waals surface area contributed by atoms with Gasteiger partial charge in [0.1, 0.15) is 17.3 Å². The Labute approximate surface area is 190 Å². The van der Waals surface area contributed by atoms with Gasteiger partial charge in [-0.2, -0.15) is 10.4 Å². The molecule has 3 N–H and O–H groups in total. The second-order valence-corrected chi connectivity index (χ2v) is 8.57. The number of amides is 1. The molecule has 0 aliphatic heterocycles. The highest BCUT2D eigenvalue weighted by Crippen LogP contribution is 2.39. The largest absolute Gasteiger partial charge is 0.505 e. The lowest BCUT2D eigenvalue weighted by Gasteiger charge is -2.19. The molecule has 8 nitrogen and oxygen atoms in total. The van der Waals surface area contributed by atoms with Gasteiger partial charge in [-0.3, -0.25) is 9.89 Å². The van der Waals surface area contributed by atoms with Crippen LogP contribution in [-0.4, -0.2) is 21.2 Å². The van der Waals surface area contributed by atoms with Crippen molar-refractivity contribution < 1.29 is 9.90 Å². The number of hydrogen-bond donors (Lipinski definition) is 3. The van der Waals surface area contributed by atoms with Crippen LogP contribution in [0.25, 0.3) is 10.8 Å². The zero-order chi connectivity index (χ0) is 23.6. The maximum atomic E-state index is 13.0. The van der Waals surface area contributed by atoms with E-state index in [1.165, 1.54) is 6.20 Å². The number of carbonyl (C=O) groups is 1. The Hall–Kier alpha value is -4.51. The Kier molecular flexibility index (Phi) is 5.63. The molecule has 0 atom stereocenters. The van der Waals surface area contributed by atoms with Crippen LogP contribution in [0.4, 0.5) is 17.2 Å². The number of nitriles is 1. The van der Waals surface area contributed by atoms with E-state index >= 15 is 0 Å². The average Bonchev–Trinajstić information content (AvgIpc) is 3.25. The van der Waals surface area contributed by atoms with Crippen molar-refractivity contribution in [2.45, 2.75) is 26.2 Å². The molecule has 164 valence electrons. The van der Waals surface area contributed by atoms with Crippen molar-refractivity contribution in [2.75, 3.05) is 5.32 Å². The Morgan fingerprint density at radius 2 is 1.85 bits per heavy atom. The summed E-state index contributed by atoms with van der Waals surface area (Å²) < 4.78 is 0. The molecule has 0 aliphatic rings. The van der Waals surface area contributed by atoms with E-state index in [4.69, 9.17) is 5.26 Å². The van der Waals surface area contributed by atoms with Gasteiger partial charge in [0.15, 0.2) is 11.6 Å². The third kappa shape index (κ3) is 4.43. The van der Waals surface area contributed by atoms with Crippen molar-refractivity contribution in [2.24, 2.45) is 10.2 Å². The molecule has 1 amide bonds. The molecule has 8 heteroatoms. The van der Waals surface area contributed by atoms with Gasteiger partial charge in [0, 0.05) is 11.1 Å². The number of fused-ring (bicyclic) bond motifs is 1. The van der Waals surface area contributed by atoms with Crippen LogP contribution in [0.1, 0.15) is 42.3 Å². The zero-order valence-corrected chi connectivity index (χ0v) is 18.4. The number of hydrogen-bond acceptors (Lipinski definition) is 6. The lowest BCUT2D eigenvalue weighted by molar-refractivity contribution is 0.102. The molecule has 4 aromatic rings. The summed E-state index contributed by atoms with van der Waals surface area (Å²) in [6.07, 6.45) is 1.33. The monoisotopic (exact) mass is 438 g/mol. The quantitative estimate of drug-likeness (QED) is 0.332. The second kappa shape index (κ2) is 8.55. The van der Waals surface area contributed by atoms with Crippen molar-refractivity contribution in [3.8, 4) is 11.8 Å². The summed E-state index contributed by atoms with van der Waals surface area (Å²) in [4.78, 5) is 13.0. The summed E-state index contributed by atoms with van der Waals surface area (Å²) in [6.45, 7) is 6.35. The van der Waals surface area contributed by atoms with Crippen LogP contribution in [0.5, 0.6) is 5.75 Å². The van der Waals surface area contributed by atoms with Gasteiger partial charge in [-0.05, 0) is 34.6 Å². The number of aromatic amines is 1. The number of H-pyrrole nitrogens is 1. The van der Waals surface area contributed by atoms with Crippen LogP contribution >= 0.6 is 0 Å². The number of carbonyl (C=O) groups excluding carboxylic acids is 1. The van der Waals surface area contributed by atoms with E-state index in [0.717, 1.165) is 5.56 Å². The average molecular weight is 438 g/mol. The molecule has 0 radical (unpaired) electrons. The SMILES string of the molecule is CC(C)(C)c1ccc(NC(=O)c2cc3ccccc3c(/N=N/c3[nH]ncc3C#N)c2O)cc1. The van der Waals surface area contributed by atoms with Crippen LogP contribution in [0.3, 0.4) is 0 Å². The number of nitrogens with one attached hydrogen (secondary N) is 2. The lowest BCUT2D eigenvalue weighted by atomic mass is 9.87. The van der Waals surface area contributed by atoms with Crippen molar-refractivity contribution in [1.82, 2.24) is 10.2 Å². The van der Waals surface area contributed by atoms with E-state index < -0.39 is 5.91 Å². The molecule has 0 fully saturated rings. The van der Waals surface area contributed by atoms with E-state index in [1.807, 2.05) is 42.5 Å². The Morgan fingerprint density at radius 1 is 1.12 bits per heavy atom. The highest BCUT2D eigenvalue weighted by atomic mass is 16.3. The van der Waals surface area contributed by atoms with Crippen LogP contribution in [0.15, 0.2) is 71.0 Å². The van der Waals surface area contributed by atoms with E-state index in [1.54, 1.807) is 18.2 Å². The van der Waals surface area contributed by atoms with Crippen molar-refractivity contribution in [3.63, 3.8) is 0 Å². The number of aromatic hydroxyl groups is 1. The van der Waals surface area contributed by atoms with Crippen molar-refractivity contribution in [3.05, 3.63) is 77.5 Å². The number of rotatable bonds is 4. The Bertz CT molecular complexity index is 1410. The molecule has 0 bridgehead atoms. The fourth-order valence-electron chi connectivity index (χ4n) is 3.38. The number of benzene rings is 3. The summed E-state index contributed by atoms with van der Waals surface area (Å²) in [5, 5.41) is 38.8. The van der Waals surface area contributed by atoms with Gasteiger partial charge in [-0.15, -0.1) is 10.2 Å². The minimum Gasteiger partial charge on any atom is -0.505 e. The zero-order valence-electron chi connectivity index (χ0n) is 18.4. The number of phenols is 1. The van der Waals surface area contributed by atoms with Crippen molar-refractivity contribution in [1.29, 1.82) is 5.26 Å². The van der Waals surface area contributed by atoms with Crippen LogP contribution in [0, 0.1) is 11.3 Å². The maximum absolute atomic E-state index is 13.0. The first-order valence-electron chi connectivity index (χ1n) is 10.3. The molecule has 4 rings (SSSR count). The molecular formula is C25H22N6O2. The number of aromatic nitrogens is 2. The first-order valence-corrected chi connectivity index (χ1v) is 10.3. The van der Waals surface area contributed by atoms with E-state index in [0.29, 0.717) is 16.5 Å². The van der Waals surface area contributed by atoms with E-state index in [2.05, 4.69) is 46.5 Å². The first kappa shape index (κ1) is 21.7. The third-order valence-corrected chi connectivity index (χ3v) is 5.24. The summed E-state index contributed by atoms with van der Waals surface area (Å²) in [7, 11) is 0. The van der Waals surface area contributed by atoms with Gasteiger partial charge >= 0.3 is 0 Å². The molecule has 33 heavy (non-hydrogen) atoms. The summed E-state index contributed by atoms with van der Waals surface area (Å²) in [5.41, 5.74) is 2.16. The molecule has 0 spiro atoms. The molecule has 0 aliphatic carbocycles. The minimum atomic E-state index is -0.475.